The van der Waals surface area contributed by atoms with Crippen LogP contribution in [-0.4, -0.2) is 16.9 Å². The second-order valence-corrected chi connectivity index (χ2v) is 2.63. The summed E-state index contributed by atoms with van der Waals surface area (Å²) >= 11 is 0. The predicted octanol–water partition coefficient (Wildman–Crippen LogP) is 3.80. The number of aliphatic hydroxyl groups excluding tert-OH is 1. The molecule has 0 aliphatic rings. The minimum atomic E-state index is -0.386. The highest BCUT2D eigenvalue weighted by Gasteiger charge is 1.94. The van der Waals surface area contributed by atoms with Gasteiger partial charge in [0.2, 0.25) is 0 Å². The molecule has 0 bridgehead atoms. The third-order valence-electron chi connectivity index (χ3n) is 1.19. The molecule has 1 N–H and O–H groups in total. The Morgan fingerprint density at radius 2 is 1.43 bits per heavy atom. The van der Waals surface area contributed by atoms with Crippen LogP contribution in [0.4, 0.5) is 0 Å². The van der Waals surface area contributed by atoms with E-state index in [1.54, 1.807) is 13.1 Å². The molecule has 0 rings (SSSR count). The lowest BCUT2D eigenvalue weighted by Crippen LogP contribution is -2.00. The molecule has 2 nitrogen and oxygen atoms in total. The van der Waals surface area contributed by atoms with Crippen LogP contribution in [0, 0.1) is 0 Å². The monoisotopic (exact) mass is 201 g/mol. The summed E-state index contributed by atoms with van der Waals surface area (Å²) in [6.45, 7) is 15.4. The van der Waals surface area contributed by atoms with E-state index in [1.807, 2.05) is 48.5 Å². The van der Waals surface area contributed by atoms with Crippen LogP contribution in [0.15, 0.2) is 16.8 Å². The van der Waals surface area contributed by atoms with Crippen molar-refractivity contribution < 1.29 is 5.11 Å². The fraction of sp³-hybridized carbons (Fsp3) is 0.750. The largest absolute Gasteiger partial charge is 0.389 e. The maximum absolute atomic E-state index is 9.00. The van der Waals surface area contributed by atoms with Crippen molar-refractivity contribution in [3.63, 3.8) is 0 Å². The summed E-state index contributed by atoms with van der Waals surface area (Å²) in [6, 6.07) is 0. The maximum Gasteiger partial charge on any atom is 0.0737 e. The highest BCUT2D eigenvalue weighted by molar-refractivity contribution is 5.79. The van der Waals surface area contributed by atoms with Gasteiger partial charge in [-0.1, -0.05) is 27.7 Å². The molecule has 0 fully saturated rings. The average molecular weight is 201 g/mol. The Morgan fingerprint density at radius 1 is 1.07 bits per heavy atom. The maximum atomic E-state index is 9.00. The van der Waals surface area contributed by atoms with E-state index in [0.29, 0.717) is 0 Å². The Labute approximate surface area is 89.8 Å². The Hall–Kier alpha value is -0.630. The molecule has 0 spiro atoms. The van der Waals surface area contributed by atoms with E-state index in [2.05, 4.69) is 4.99 Å². The Bertz CT molecular complexity index is 154. The predicted molar refractivity (Wildman–Crippen MR) is 66.9 cm³/mol. The van der Waals surface area contributed by atoms with Crippen molar-refractivity contribution in [3.8, 4) is 0 Å². The highest BCUT2D eigenvalue weighted by Crippen LogP contribution is 1.99. The molecule has 0 saturated carbocycles. The van der Waals surface area contributed by atoms with Crippen molar-refractivity contribution >= 4 is 5.71 Å². The summed E-state index contributed by atoms with van der Waals surface area (Å²) in [5.74, 6) is 0. The standard InChI is InChI=1S/C8H15NO.2C2H6/c1-6(2)9-5-7(3)8(4)10;2*1-2/h5,8,10H,1-4H3;2*1-2H3/b7-5-;;. The van der Waals surface area contributed by atoms with Gasteiger partial charge in [0.1, 0.15) is 0 Å². The minimum Gasteiger partial charge on any atom is -0.389 e. The molecule has 0 amide bonds. The third kappa shape index (κ3) is 17.5. The van der Waals surface area contributed by atoms with Crippen molar-refractivity contribution in [1.82, 2.24) is 0 Å². The van der Waals surface area contributed by atoms with Crippen molar-refractivity contribution in [2.45, 2.75) is 61.5 Å². The van der Waals surface area contributed by atoms with Gasteiger partial charge in [0.05, 0.1) is 6.10 Å². The van der Waals surface area contributed by atoms with E-state index in [-0.39, 0.29) is 6.10 Å². The molecule has 0 aliphatic carbocycles. The number of nitrogens with zero attached hydrogens (tertiary/aromatic N) is 1. The van der Waals surface area contributed by atoms with Gasteiger partial charge in [-0.25, -0.2) is 0 Å². The van der Waals surface area contributed by atoms with Gasteiger partial charge < -0.3 is 5.11 Å². The van der Waals surface area contributed by atoms with Gasteiger partial charge in [-0.2, -0.15) is 0 Å². The van der Waals surface area contributed by atoms with Gasteiger partial charge in [-0.3, -0.25) is 4.99 Å². The Balaban J connectivity index is -0.000000266. The normalized spacial score (nSPS) is 11.4. The van der Waals surface area contributed by atoms with Crippen LogP contribution in [0.2, 0.25) is 0 Å². The van der Waals surface area contributed by atoms with Gasteiger partial charge >= 0.3 is 0 Å². The Kier molecular flexibility index (Phi) is 20.2. The van der Waals surface area contributed by atoms with Gasteiger partial charge in [0.15, 0.2) is 0 Å². The van der Waals surface area contributed by atoms with Crippen LogP contribution in [0.1, 0.15) is 55.4 Å². The SMILES string of the molecule is CC.CC.CC(C)=N/C=C(/C)C(C)O. The van der Waals surface area contributed by atoms with E-state index in [9.17, 15) is 0 Å². The first-order valence-corrected chi connectivity index (χ1v) is 5.39. The van der Waals surface area contributed by atoms with Gasteiger partial charge in [-0.05, 0) is 33.3 Å². The second kappa shape index (κ2) is 14.9. The van der Waals surface area contributed by atoms with Crippen LogP contribution in [-0.2, 0) is 0 Å². The number of rotatable bonds is 2. The fourth-order valence-electron chi connectivity index (χ4n) is 0.339. The molecule has 0 saturated heterocycles. The molecule has 14 heavy (non-hydrogen) atoms. The first-order valence-electron chi connectivity index (χ1n) is 5.39. The average Bonchev–Trinajstić information content (AvgIpc) is 2.20. The van der Waals surface area contributed by atoms with Crippen LogP contribution in [0.25, 0.3) is 0 Å². The molecule has 0 aromatic rings. The van der Waals surface area contributed by atoms with Crippen LogP contribution < -0.4 is 0 Å². The molecule has 0 aliphatic heterocycles. The van der Waals surface area contributed by atoms with Crippen LogP contribution >= 0.6 is 0 Å². The zero-order chi connectivity index (χ0) is 12.1. The zero-order valence-corrected chi connectivity index (χ0v) is 11.0. The summed E-state index contributed by atoms with van der Waals surface area (Å²) in [5.41, 5.74) is 1.89. The molecule has 0 aromatic carbocycles. The first-order chi connectivity index (χ1) is 6.54. The molecule has 0 aromatic heterocycles. The molecule has 1 unspecified atom stereocenters. The van der Waals surface area contributed by atoms with Gasteiger partial charge in [0.25, 0.3) is 0 Å². The molecule has 0 radical (unpaired) electrons. The van der Waals surface area contributed by atoms with Gasteiger partial charge in [-0.15, -0.1) is 0 Å². The molecular weight excluding hydrogens is 174 g/mol. The van der Waals surface area contributed by atoms with E-state index in [4.69, 9.17) is 5.11 Å². The van der Waals surface area contributed by atoms with Crippen LogP contribution in [0.3, 0.4) is 0 Å². The van der Waals surface area contributed by atoms with Crippen LogP contribution in [0.5, 0.6) is 0 Å². The van der Waals surface area contributed by atoms with E-state index >= 15 is 0 Å². The highest BCUT2D eigenvalue weighted by atomic mass is 16.3. The van der Waals surface area contributed by atoms with E-state index < -0.39 is 0 Å². The third-order valence-corrected chi connectivity index (χ3v) is 1.19. The number of hydrogen-bond donors (Lipinski definition) is 1. The summed E-state index contributed by atoms with van der Waals surface area (Å²) in [7, 11) is 0. The summed E-state index contributed by atoms with van der Waals surface area (Å²) in [6.07, 6.45) is 1.31. The molecular formula is C12H27NO. The molecule has 1 atom stereocenters. The number of aliphatic imine (C=N–C) groups is 1. The first kappa shape index (κ1) is 19.0. The minimum absolute atomic E-state index is 0.386. The lowest BCUT2D eigenvalue weighted by atomic mass is 10.2. The van der Waals surface area contributed by atoms with Gasteiger partial charge in [0, 0.05) is 11.9 Å². The van der Waals surface area contributed by atoms with Crippen molar-refractivity contribution in [3.05, 3.63) is 11.8 Å². The fourth-order valence-corrected chi connectivity index (χ4v) is 0.339. The van der Waals surface area contributed by atoms with Crippen molar-refractivity contribution in [2.24, 2.45) is 4.99 Å². The zero-order valence-electron chi connectivity index (χ0n) is 11.0. The summed E-state index contributed by atoms with van der Waals surface area (Å²) < 4.78 is 0. The summed E-state index contributed by atoms with van der Waals surface area (Å²) in [5, 5.41) is 9.00. The Morgan fingerprint density at radius 3 is 1.64 bits per heavy atom. The van der Waals surface area contributed by atoms with Crippen molar-refractivity contribution in [1.29, 1.82) is 0 Å². The topological polar surface area (TPSA) is 32.6 Å². The second-order valence-electron chi connectivity index (χ2n) is 2.63. The lowest BCUT2D eigenvalue weighted by molar-refractivity contribution is 0.231. The molecule has 0 heterocycles. The number of aliphatic hydroxyl groups is 1. The smallest absolute Gasteiger partial charge is 0.0737 e. The summed E-state index contributed by atoms with van der Waals surface area (Å²) in [4.78, 5) is 4.04. The van der Waals surface area contributed by atoms with E-state index in [0.717, 1.165) is 11.3 Å². The molecule has 2 heteroatoms. The molecule has 86 valence electrons. The van der Waals surface area contributed by atoms with E-state index in [1.165, 1.54) is 0 Å². The number of hydrogen-bond acceptors (Lipinski definition) is 2. The van der Waals surface area contributed by atoms with Crippen molar-refractivity contribution in [2.75, 3.05) is 0 Å². The quantitative estimate of drug-likeness (QED) is 0.677. The lowest BCUT2D eigenvalue weighted by Gasteiger charge is -2.00.